The van der Waals surface area contributed by atoms with Crippen molar-refractivity contribution in [3.63, 3.8) is 0 Å². The molecule has 19 heavy (non-hydrogen) atoms. The van der Waals surface area contributed by atoms with Gasteiger partial charge in [0.05, 0.1) is 18.3 Å². The van der Waals surface area contributed by atoms with E-state index in [4.69, 9.17) is 10.5 Å². The lowest BCUT2D eigenvalue weighted by atomic mass is 10.1. The van der Waals surface area contributed by atoms with Crippen LogP contribution in [0, 0.1) is 6.92 Å². The smallest absolute Gasteiger partial charge is 0.119 e. The number of nitrogens with two attached hydrogens (primary N) is 1. The first kappa shape index (κ1) is 13.6. The molecule has 1 aromatic carbocycles. The Bertz CT molecular complexity index is 516. The highest BCUT2D eigenvalue weighted by molar-refractivity contribution is 5.29. The lowest BCUT2D eigenvalue weighted by molar-refractivity contribution is 0.242. The number of hydrogen-bond donors (Lipinski definition) is 1. The number of hydrogen-bond acceptors (Lipinski definition) is 3. The van der Waals surface area contributed by atoms with Crippen molar-refractivity contribution in [2.45, 2.75) is 39.5 Å². The molecule has 0 aliphatic rings. The second kappa shape index (κ2) is 5.89. The van der Waals surface area contributed by atoms with Crippen LogP contribution in [0.5, 0.6) is 5.75 Å². The van der Waals surface area contributed by atoms with Gasteiger partial charge in [0.1, 0.15) is 5.75 Å². The van der Waals surface area contributed by atoms with Gasteiger partial charge in [0.15, 0.2) is 0 Å². The second-order valence-electron chi connectivity index (χ2n) is 5.02. The van der Waals surface area contributed by atoms with E-state index in [-0.39, 0.29) is 12.1 Å². The van der Waals surface area contributed by atoms with E-state index in [0.29, 0.717) is 6.54 Å². The highest BCUT2D eigenvalue weighted by atomic mass is 16.5. The Balaban J connectivity index is 2.01. The third-order valence-electron chi connectivity index (χ3n) is 2.84. The lowest BCUT2D eigenvalue weighted by Gasteiger charge is -2.14. The molecule has 0 spiro atoms. The summed E-state index contributed by atoms with van der Waals surface area (Å²) in [5.74, 6) is 0.876. The van der Waals surface area contributed by atoms with Gasteiger partial charge in [-0.15, -0.1) is 0 Å². The molecule has 0 amide bonds. The first-order valence-corrected chi connectivity index (χ1v) is 6.57. The van der Waals surface area contributed by atoms with Crippen molar-refractivity contribution in [1.29, 1.82) is 0 Å². The summed E-state index contributed by atoms with van der Waals surface area (Å²) < 4.78 is 7.49. The van der Waals surface area contributed by atoms with Crippen LogP contribution in [-0.4, -0.2) is 15.9 Å². The predicted octanol–water partition coefficient (Wildman–Crippen LogP) is 2.68. The summed E-state index contributed by atoms with van der Waals surface area (Å²) in [5.41, 5.74) is 8.28. The Morgan fingerprint density at radius 3 is 2.42 bits per heavy atom. The Labute approximate surface area is 114 Å². The summed E-state index contributed by atoms with van der Waals surface area (Å²) in [6.45, 7) is 6.68. The average molecular weight is 259 g/mol. The molecule has 0 bridgehead atoms. The minimum absolute atomic E-state index is 0.0626. The molecule has 0 saturated heterocycles. The highest BCUT2D eigenvalue weighted by Gasteiger charge is 2.08. The molecule has 1 heterocycles. The number of aryl methyl sites for hydroxylation is 1. The van der Waals surface area contributed by atoms with Crippen LogP contribution in [-0.2, 0) is 6.54 Å². The molecule has 2 rings (SSSR count). The molecule has 0 aliphatic heterocycles. The molecule has 1 unspecified atom stereocenters. The van der Waals surface area contributed by atoms with E-state index in [9.17, 15) is 0 Å². The average Bonchev–Trinajstić information content (AvgIpc) is 2.75. The van der Waals surface area contributed by atoms with Gasteiger partial charge in [-0.2, -0.15) is 5.10 Å². The van der Waals surface area contributed by atoms with Gasteiger partial charge in [-0.05, 0) is 44.5 Å². The van der Waals surface area contributed by atoms with Crippen LogP contribution < -0.4 is 10.5 Å². The summed E-state index contributed by atoms with van der Waals surface area (Å²) in [6, 6.07) is 9.86. The number of nitrogens with zero attached hydrogens (tertiary/aromatic N) is 2. The molecule has 2 N–H and O–H groups in total. The first-order valence-electron chi connectivity index (χ1n) is 6.57. The van der Waals surface area contributed by atoms with Crippen LogP contribution in [0.3, 0.4) is 0 Å². The van der Waals surface area contributed by atoms with Crippen LogP contribution in [0.2, 0.25) is 0 Å². The van der Waals surface area contributed by atoms with Crippen molar-refractivity contribution in [3.05, 3.63) is 47.8 Å². The van der Waals surface area contributed by atoms with Gasteiger partial charge in [-0.25, -0.2) is 0 Å². The zero-order valence-electron chi connectivity index (χ0n) is 11.7. The molecular formula is C15H21N3O. The Morgan fingerprint density at radius 2 is 1.89 bits per heavy atom. The molecule has 1 aromatic heterocycles. The van der Waals surface area contributed by atoms with Gasteiger partial charge in [0.2, 0.25) is 0 Å². The SMILES string of the molecule is Cc1ccn(CC(N)c2ccc(OC(C)C)cc2)n1. The van der Waals surface area contributed by atoms with Gasteiger partial charge in [-0.3, -0.25) is 4.68 Å². The monoisotopic (exact) mass is 259 g/mol. The van der Waals surface area contributed by atoms with E-state index in [1.807, 2.05) is 62.0 Å². The van der Waals surface area contributed by atoms with Crippen molar-refractivity contribution in [3.8, 4) is 5.75 Å². The number of benzene rings is 1. The van der Waals surface area contributed by atoms with E-state index >= 15 is 0 Å². The molecule has 4 heteroatoms. The summed E-state index contributed by atoms with van der Waals surface area (Å²) in [5, 5.41) is 4.35. The van der Waals surface area contributed by atoms with E-state index in [1.54, 1.807) is 0 Å². The van der Waals surface area contributed by atoms with Crippen molar-refractivity contribution >= 4 is 0 Å². The third kappa shape index (κ3) is 3.83. The summed E-state index contributed by atoms with van der Waals surface area (Å²) in [7, 11) is 0. The predicted molar refractivity (Wildman–Crippen MR) is 76.1 cm³/mol. The Morgan fingerprint density at radius 1 is 1.21 bits per heavy atom. The fourth-order valence-corrected chi connectivity index (χ4v) is 1.94. The lowest BCUT2D eigenvalue weighted by Crippen LogP contribution is -2.18. The minimum atomic E-state index is -0.0626. The van der Waals surface area contributed by atoms with Gasteiger partial charge >= 0.3 is 0 Å². The van der Waals surface area contributed by atoms with Crippen LogP contribution in [0.4, 0.5) is 0 Å². The second-order valence-corrected chi connectivity index (χ2v) is 5.02. The Kier molecular flexibility index (Phi) is 4.22. The van der Waals surface area contributed by atoms with Crippen molar-refractivity contribution in [2.75, 3.05) is 0 Å². The number of rotatable bonds is 5. The first-order chi connectivity index (χ1) is 9.04. The number of ether oxygens (including phenoxy) is 1. The summed E-state index contributed by atoms with van der Waals surface area (Å²) in [4.78, 5) is 0. The fourth-order valence-electron chi connectivity index (χ4n) is 1.94. The van der Waals surface area contributed by atoms with Crippen LogP contribution in [0.15, 0.2) is 36.5 Å². The molecule has 2 aromatic rings. The topological polar surface area (TPSA) is 53.1 Å². The van der Waals surface area contributed by atoms with E-state index in [0.717, 1.165) is 17.0 Å². The van der Waals surface area contributed by atoms with Gasteiger partial charge < -0.3 is 10.5 Å². The van der Waals surface area contributed by atoms with Gasteiger partial charge in [-0.1, -0.05) is 12.1 Å². The maximum atomic E-state index is 6.19. The molecule has 102 valence electrons. The molecule has 0 radical (unpaired) electrons. The quantitative estimate of drug-likeness (QED) is 0.898. The maximum Gasteiger partial charge on any atom is 0.119 e. The van der Waals surface area contributed by atoms with Crippen LogP contribution in [0.1, 0.15) is 31.1 Å². The largest absolute Gasteiger partial charge is 0.491 e. The molecule has 1 atom stereocenters. The molecular weight excluding hydrogens is 238 g/mol. The van der Waals surface area contributed by atoms with Crippen molar-refractivity contribution in [2.24, 2.45) is 5.73 Å². The zero-order valence-corrected chi connectivity index (χ0v) is 11.7. The van der Waals surface area contributed by atoms with Crippen LogP contribution in [0.25, 0.3) is 0 Å². The molecule has 4 nitrogen and oxygen atoms in total. The molecule has 0 saturated carbocycles. The van der Waals surface area contributed by atoms with Crippen LogP contribution >= 0.6 is 0 Å². The van der Waals surface area contributed by atoms with Gasteiger partial charge in [0.25, 0.3) is 0 Å². The maximum absolute atomic E-state index is 6.19. The standard InChI is InChI=1S/C15H21N3O/c1-11(2)19-14-6-4-13(5-7-14)15(16)10-18-9-8-12(3)17-18/h4-9,11,15H,10,16H2,1-3H3. The summed E-state index contributed by atoms with van der Waals surface area (Å²) in [6.07, 6.45) is 2.14. The zero-order chi connectivity index (χ0) is 13.8. The Hall–Kier alpha value is -1.81. The molecule has 0 fully saturated rings. The van der Waals surface area contributed by atoms with Crippen molar-refractivity contribution < 1.29 is 4.74 Å². The normalized spacial score (nSPS) is 12.7. The molecule has 0 aliphatic carbocycles. The minimum Gasteiger partial charge on any atom is -0.491 e. The highest BCUT2D eigenvalue weighted by Crippen LogP contribution is 2.18. The van der Waals surface area contributed by atoms with E-state index < -0.39 is 0 Å². The third-order valence-corrected chi connectivity index (χ3v) is 2.84. The van der Waals surface area contributed by atoms with E-state index in [1.165, 1.54) is 0 Å². The summed E-state index contributed by atoms with van der Waals surface area (Å²) >= 11 is 0. The number of aromatic nitrogens is 2. The van der Waals surface area contributed by atoms with E-state index in [2.05, 4.69) is 5.10 Å². The fraction of sp³-hybridized carbons (Fsp3) is 0.400. The van der Waals surface area contributed by atoms with Gasteiger partial charge in [0, 0.05) is 12.2 Å². The van der Waals surface area contributed by atoms with Crippen molar-refractivity contribution in [1.82, 2.24) is 9.78 Å².